The van der Waals surface area contributed by atoms with Crippen molar-refractivity contribution in [3.8, 4) is 0 Å². The number of rotatable bonds is 6. The summed E-state index contributed by atoms with van der Waals surface area (Å²) in [6.07, 6.45) is -0.289. The van der Waals surface area contributed by atoms with Gasteiger partial charge in [0.05, 0.1) is 6.42 Å². The molecule has 22 heavy (non-hydrogen) atoms. The van der Waals surface area contributed by atoms with Gasteiger partial charge in [-0.3, -0.25) is 4.79 Å². The summed E-state index contributed by atoms with van der Waals surface area (Å²) < 4.78 is 41.0. The van der Waals surface area contributed by atoms with E-state index in [0.717, 1.165) is 12.1 Å². The summed E-state index contributed by atoms with van der Waals surface area (Å²) in [4.78, 5) is 12.0. The first-order valence-corrected chi connectivity index (χ1v) is 6.62. The lowest BCUT2D eigenvalue weighted by Gasteiger charge is -2.25. The molecule has 0 aliphatic carbocycles. The molecule has 0 amide bonds. The summed E-state index contributed by atoms with van der Waals surface area (Å²) in [6, 6.07) is 9.01. The maximum atomic E-state index is 13.9. The number of carbonyl (C=O) groups is 1. The van der Waals surface area contributed by atoms with Crippen molar-refractivity contribution in [2.24, 2.45) is 0 Å². The predicted molar refractivity (Wildman–Crippen MR) is 76.1 cm³/mol. The van der Waals surface area contributed by atoms with Crippen LogP contribution < -0.4 is 4.90 Å². The molecule has 116 valence electrons. The van der Waals surface area contributed by atoms with E-state index < -0.39 is 23.4 Å². The topological polar surface area (TPSA) is 40.5 Å². The normalized spacial score (nSPS) is 10.5. The molecule has 0 radical (unpaired) electrons. The van der Waals surface area contributed by atoms with Gasteiger partial charge in [-0.2, -0.15) is 0 Å². The standard InChI is InChI=1S/C16H14F3NO2/c17-12-4-1-3-11(9-12)10-20(8-7-15(21)22)16-13(18)5-2-6-14(16)19/h1-6,9H,7-8,10H2,(H,21,22). The number of nitrogens with zero attached hydrogens (tertiary/aromatic N) is 1. The summed E-state index contributed by atoms with van der Waals surface area (Å²) in [5, 5.41) is 8.78. The number of carboxylic acid groups (broad SMARTS) is 1. The van der Waals surface area contributed by atoms with Gasteiger partial charge in [0.1, 0.15) is 23.1 Å². The SMILES string of the molecule is O=C(O)CCN(Cc1cccc(F)c1)c1c(F)cccc1F. The Hall–Kier alpha value is -2.50. The Labute approximate surface area is 125 Å². The summed E-state index contributed by atoms with van der Waals surface area (Å²) >= 11 is 0. The number of anilines is 1. The second-order valence-corrected chi connectivity index (χ2v) is 4.77. The quantitative estimate of drug-likeness (QED) is 0.886. The van der Waals surface area contributed by atoms with Gasteiger partial charge in [-0.1, -0.05) is 18.2 Å². The lowest BCUT2D eigenvalue weighted by molar-refractivity contribution is -0.136. The van der Waals surface area contributed by atoms with Gasteiger partial charge in [-0.25, -0.2) is 13.2 Å². The zero-order valence-electron chi connectivity index (χ0n) is 11.6. The minimum absolute atomic E-state index is 0.00287. The highest BCUT2D eigenvalue weighted by molar-refractivity contribution is 5.67. The highest BCUT2D eigenvalue weighted by atomic mass is 19.1. The molecule has 0 saturated carbocycles. The third-order valence-electron chi connectivity index (χ3n) is 3.11. The van der Waals surface area contributed by atoms with Gasteiger partial charge < -0.3 is 10.0 Å². The maximum Gasteiger partial charge on any atom is 0.305 e. The van der Waals surface area contributed by atoms with Gasteiger partial charge in [0, 0.05) is 13.1 Å². The largest absolute Gasteiger partial charge is 0.481 e. The number of hydrogen-bond acceptors (Lipinski definition) is 2. The Morgan fingerprint density at radius 1 is 1.05 bits per heavy atom. The van der Waals surface area contributed by atoms with Crippen LogP contribution in [0.4, 0.5) is 18.9 Å². The molecule has 0 atom stereocenters. The fraction of sp³-hybridized carbons (Fsp3) is 0.188. The number of halogens is 3. The Balaban J connectivity index is 2.32. The monoisotopic (exact) mass is 309 g/mol. The van der Waals surface area contributed by atoms with Crippen molar-refractivity contribution in [3.05, 3.63) is 65.5 Å². The highest BCUT2D eigenvalue weighted by Gasteiger charge is 2.18. The van der Waals surface area contributed by atoms with Crippen molar-refractivity contribution in [1.82, 2.24) is 0 Å². The molecule has 0 heterocycles. The van der Waals surface area contributed by atoms with Crippen molar-refractivity contribution in [2.45, 2.75) is 13.0 Å². The van der Waals surface area contributed by atoms with Crippen LogP contribution in [0.25, 0.3) is 0 Å². The maximum absolute atomic E-state index is 13.9. The highest BCUT2D eigenvalue weighted by Crippen LogP contribution is 2.25. The van der Waals surface area contributed by atoms with Crippen LogP contribution in [0, 0.1) is 17.5 Å². The Morgan fingerprint density at radius 3 is 2.27 bits per heavy atom. The van der Waals surface area contributed by atoms with Crippen molar-refractivity contribution in [1.29, 1.82) is 0 Å². The van der Waals surface area contributed by atoms with Crippen LogP contribution in [0.1, 0.15) is 12.0 Å². The Morgan fingerprint density at radius 2 is 1.68 bits per heavy atom. The predicted octanol–water partition coefficient (Wildman–Crippen LogP) is 3.59. The van der Waals surface area contributed by atoms with E-state index in [2.05, 4.69) is 0 Å². The molecule has 1 N–H and O–H groups in total. The van der Waals surface area contributed by atoms with Crippen LogP contribution in [0.2, 0.25) is 0 Å². The first-order chi connectivity index (χ1) is 10.5. The lowest BCUT2D eigenvalue weighted by atomic mass is 10.1. The molecular formula is C16H14F3NO2. The fourth-order valence-corrected chi connectivity index (χ4v) is 2.15. The number of hydrogen-bond donors (Lipinski definition) is 1. The Kier molecular flexibility index (Phi) is 5.04. The van der Waals surface area contributed by atoms with Gasteiger partial charge in [0.15, 0.2) is 0 Å². The molecule has 0 saturated heterocycles. The van der Waals surface area contributed by atoms with Crippen molar-refractivity contribution in [2.75, 3.05) is 11.4 Å². The van der Waals surface area contributed by atoms with Crippen molar-refractivity contribution >= 4 is 11.7 Å². The van der Waals surface area contributed by atoms with E-state index in [0.29, 0.717) is 5.56 Å². The Bertz CT molecular complexity index is 656. The molecule has 0 aliphatic rings. The molecule has 0 fully saturated rings. The minimum atomic E-state index is -1.08. The molecule has 0 spiro atoms. The molecule has 0 aromatic heterocycles. The number of carboxylic acids is 1. The number of aliphatic carboxylic acids is 1. The van der Waals surface area contributed by atoms with Gasteiger partial charge in [-0.05, 0) is 29.8 Å². The van der Waals surface area contributed by atoms with Crippen LogP contribution in [0.15, 0.2) is 42.5 Å². The summed E-state index contributed by atoms with van der Waals surface area (Å²) in [5.41, 5.74) is 0.182. The molecule has 0 unspecified atom stereocenters. The van der Waals surface area contributed by atoms with E-state index in [1.807, 2.05) is 0 Å². The third-order valence-corrected chi connectivity index (χ3v) is 3.11. The van der Waals surface area contributed by atoms with Crippen LogP contribution in [-0.2, 0) is 11.3 Å². The van der Waals surface area contributed by atoms with E-state index in [1.165, 1.54) is 29.2 Å². The molecule has 0 aliphatic heterocycles. The first kappa shape index (κ1) is 15.9. The molecule has 3 nitrogen and oxygen atoms in total. The molecule has 2 aromatic carbocycles. The molecule has 0 bridgehead atoms. The molecular weight excluding hydrogens is 295 g/mol. The molecule has 2 rings (SSSR count). The summed E-state index contributed by atoms with van der Waals surface area (Å²) in [5.74, 6) is -3.13. The van der Waals surface area contributed by atoms with Crippen molar-refractivity contribution < 1.29 is 23.1 Å². The molecule has 2 aromatic rings. The first-order valence-electron chi connectivity index (χ1n) is 6.62. The summed E-state index contributed by atoms with van der Waals surface area (Å²) in [7, 11) is 0. The van der Waals surface area contributed by atoms with Gasteiger partial charge in [-0.15, -0.1) is 0 Å². The number of para-hydroxylation sites is 1. The van der Waals surface area contributed by atoms with Gasteiger partial charge >= 0.3 is 5.97 Å². The second-order valence-electron chi connectivity index (χ2n) is 4.77. The second kappa shape index (κ2) is 6.98. The van der Waals surface area contributed by atoms with E-state index in [9.17, 15) is 18.0 Å². The summed E-state index contributed by atoms with van der Waals surface area (Å²) in [6.45, 7) is -0.0907. The molecule has 6 heteroatoms. The zero-order chi connectivity index (χ0) is 16.1. The van der Waals surface area contributed by atoms with E-state index in [4.69, 9.17) is 5.11 Å². The third kappa shape index (κ3) is 4.00. The fourth-order valence-electron chi connectivity index (χ4n) is 2.15. The minimum Gasteiger partial charge on any atom is -0.481 e. The van der Waals surface area contributed by atoms with Crippen LogP contribution >= 0.6 is 0 Å². The van der Waals surface area contributed by atoms with E-state index >= 15 is 0 Å². The average Bonchev–Trinajstić information content (AvgIpc) is 2.44. The average molecular weight is 309 g/mol. The number of benzene rings is 2. The van der Waals surface area contributed by atoms with Gasteiger partial charge in [0.25, 0.3) is 0 Å². The lowest BCUT2D eigenvalue weighted by Crippen LogP contribution is -2.27. The van der Waals surface area contributed by atoms with Gasteiger partial charge in [0.2, 0.25) is 0 Å². The smallest absolute Gasteiger partial charge is 0.305 e. The van der Waals surface area contributed by atoms with Crippen LogP contribution in [-0.4, -0.2) is 17.6 Å². The zero-order valence-corrected chi connectivity index (χ0v) is 11.6. The van der Waals surface area contributed by atoms with Crippen LogP contribution in [0.3, 0.4) is 0 Å². The van der Waals surface area contributed by atoms with Crippen molar-refractivity contribution in [3.63, 3.8) is 0 Å². The van der Waals surface area contributed by atoms with Crippen LogP contribution in [0.5, 0.6) is 0 Å². The van der Waals surface area contributed by atoms with E-state index in [1.54, 1.807) is 6.07 Å². The van der Waals surface area contributed by atoms with E-state index in [-0.39, 0.29) is 25.2 Å².